The summed E-state index contributed by atoms with van der Waals surface area (Å²) in [5.41, 5.74) is 3.85. The third-order valence-electron chi connectivity index (χ3n) is 4.43. The molecule has 0 fully saturated rings. The number of ether oxygens (including phenoxy) is 1. The lowest BCUT2D eigenvalue weighted by Crippen LogP contribution is -2.27. The first-order valence-corrected chi connectivity index (χ1v) is 8.59. The van der Waals surface area contributed by atoms with Gasteiger partial charge in [0.25, 0.3) is 5.56 Å². The van der Waals surface area contributed by atoms with E-state index in [4.69, 9.17) is 4.74 Å². The molecule has 2 aromatic carbocycles. The lowest BCUT2D eigenvalue weighted by atomic mass is 9.97. The number of rotatable bonds is 5. The van der Waals surface area contributed by atoms with Crippen LogP contribution in [0.25, 0.3) is 21.9 Å². The predicted octanol–water partition coefficient (Wildman–Crippen LogP) is 3.50. The Morgan fingerprint density at radius 1 is 1.12 bits per heavy atom. The van der Waals surface area contributed by atoms with E-state index < -0.39 is 0 Å². The van der Waals surface area contributed by atoms with Crippen molar-refractivity contribution < 1.29 is 9.53 Å². The van der Waals surface area contributed by atoms with Crippen molar-refractivity contribution in [2.45, 2.75) is 13.8 Å². The number of benzene rings is 2. The molecular formula is C21H22N2O3. The van der Waals surface area contributed by atoms with Crippen LogP contribution in [0.1, 0.15) is 12.5 Å². The molecule has 5 heteroatoms. The number of carbonyl (C=O) groups excluding carboxylic acids is 1. The van der Waals surface area contributed by atoms with Crippen LogP contribution >= 0.6 is 0 Å². The maximum Gasteiger partial charge on any atom is 0.325 e. The summed E-state index contributed by atoms with van der Waals surface area (Å²) >= 11 is 0. The van der Waals surface area contributed by atoms with Gasteiger partial charge in [-0.15, -0.1) is 0 Å². The van der Waals surface area contributed by atoms with E-state index in [2.05, 4.69) is 4.98 Å². The van der Waals surface area contributed by atoms with Crippen molar-refractivity contribution in [3.63, 3.8) is 0 Å². The number of H-pyrrole nitrogens is 1. The van der Waals surface area contributed by atoms with Crippen LogP contribution in [0.5, 0.6) is 0 Å². The fraction of sp³-hybridized carbons (Fsp3) is 0.238. The molecule has 0 unspecified atom stereocenters. The van der Waals surface area contributed by atoms with Gasteiger partial charge in [0, 0.05) is 29.9 Å². The van der Waals surface area contributed by atoms with Gasteiger partial charge in [0.2, 0.25) is 0 Å². The average Bonchev–Trinajstić information content (AvgIpc) is 2.63. The van der Waals surface area contributed by atoms with Crippen molar-refractivity contribution in [1.82, 2.24) is 4.98 Å². The number of likely N-dealkylation sites (N-methyl/N-ethyl adjacent to an activating group) is 1. The maximum atomic E-state index is 12.4. The van der Waals surface area contributed by atoms with Crippen molar-refractivity contribution >= 4 is 22.4 Å². The van der Waals surface area contributed by atoms with Gasteiger partial charge in [-0.3, -0.25) is 9.59 Å². The molecule has 0 aliphatic carbocycles. The first kappa shape index (κ1) is 17.7. The smallest absolute Gasteiger partial charge is 0.325 e. The second-order valence-electron chi connectivity index (χ2n) is 6.24. The number of nitrogens with one attached hydrogen (secondary N) is 1. The van der Waals surface area contributed by atoms with Crippen LogP contribution in [-0.4, -0.2) is 31.2 Å². The molecule has 0 atom stereocenters. The number of nitrogens with zero attached hydrogens (tertiary/aromatic N) is 1. The molecule has 0 amide bonds. The number of fused-ring (bicyclic) bond motifs is 1. The molecule has 0 spiro atoms. The quantitative estimate of drug-likeness (QED) is 0.716. The minimum atomic E-state index is -0.294. The number of carbonyl (C=O) groups is 1. The first-order chi connectivity index (χ1) is 12.5. The van der Waals surface area contributed by atoms with Crippen molar-refractivity contribution in [3.8, 4) is 11.1 Å². The summed E-state index contributed by atoms with van der Waals surface area (Å²) in [6, 6.07) is 13.7. The highest BCUT2D eigenvalue weighted by atomic mass is 16.5. The maximum absolute atomic E-state index is 12.4. The minimum absolute atomic E-state index is 0.134. The zero-order chi connectivity index (χ0) is 18.7. The van der Waals surface area contributed by atoms with E-state index in [-0.39, 0.29) is 18.1 Å². The van der Waals surface area contributed by atoms with Crippen LogP contribution < -0.4 is 10.5 Å². The lowest BCUT2D eigenvalue weighted by Gasteiger charge is -2.19. The molecule has 3 rings (SSSR count). The highest BCUT2D eigenvalue weighted by Gasteiger charge is 2.12. The number of anilines is 1. The molecule has 0 aliphatic rings. The Balaban J connectivity index is 2.06. The third-order valence-corrected chi connectivity index (χ3v) is 4.43. The summed E-state index contributed by atoms with van der Waals surface area (Å²) in [5, 5.41) is 1.48. The highest BCUT2D eigenvalue weighted by Crippen LogP contribution is 2.30. The molecule has 134 valence electrons. The number of hydrogen-bond donors (Lipinski definition) is 1. The normalized spacial score (nSPS) is 10.7. The third kappa shape index (κ3) is 3.47. The van der Waals surface area contributed by atoms with Gasteiger partial charge in [0.15, 0.2) is 0 Å². The van der Waals surface area contributed by atoms with E-state index in [1.54, 1.807) is 25.1 Å². The average molecular weight is 350 g/mol. The van der Waals surface area contributed by atoms with E-state index in [1.165, 1.54) is 0 Å². The Kier molecular flexibility index (Phi) is 5.07. The molecule has 1 heterocycles. The Morgan fingerprint density at radius 2 is 1.88 bits per heavy atom. The summed E-state index contributed by atoms with van der Waals surface area (Å²) < 4.78 is 4.99. The predicted molar refractivity (Wildman–Crippen MR) is 105 cm³/mol. The molecule has 0 radical (unpaired) electrons. The van der Waals surface area contributed by atoms with Crippen LogP contribution in [0, 0.1) is 6.92 Å². The number of esters is 1. The number of aromatic amines is 1. The van der Waals surface area contributed by atoms with Gasteiger partial charge >= 0.3 is 5.97 Å². The SMILES string of the molecule is CCOC(=O)CN(C)c1ccc2c(-c3ccccc3C)c[nH]c(=O)c2c1. The van der Waals surface area contributed by atoms with Gasteiger partial charge in [-0.25, -0.2) is 0 Å². The van der Waals surface area contributed by atoms with Gasteiger partial charge in [-0.05, 0) is 42.5 Å². The second kappa shape index (κ2) is 7.44. The summed E-state index contributed by atoms with van der Waals surface area (Å²) in [4.78, 5) is 28.7. The van der Waals surface area contributed by atoms with Crippen LogP contribution in [0.4, 0.5) is 5.69 Å². The number of aryl methyl sites for hydroxylation is 1. The number of hydrogen-bond acceptors (Lipinski definition) is 4. The van der Waals surface area contributed by atoms with Crippen molar-refractivity contribution in [2.75, 3.05) is 25.1 Å². The summed E-state index contributed by atoms with van der Waals surface area (Å²) in [6.45, 7) is 4.31. The molecule has 0 aliphatic heterocycles. The highest BCUT2D eigenvalue weighted by molar-refractivity contribution is 5.98. The second-order valence-corrected chi connectivity index (χ2v) is 6.24. The van der Waals surface area contributed by atoms with Crippen LogP contribution in [0.3, 0.4) is 0 Å². The van der Waals surface area contributed by atoms with E-state index in [0.717, 1.165) is 27.8 Å². The van der Waals surface area contributed by atoms with E-state index in [1.807, 2.05) is 49.4 Å². The van der Waals surface area contributed by atoms with Gasteiger partial charge in [0.05, 0.1) is 6.61 Å². The zero-order valence-electron chi connectivity index (χ0n) is 15.2. The van der Waals surface area contributed by atoms with Crippen LogP contribution in [-0.2, 0) is 9.53 Å². The first-order valence-electron chi connectivity index (χ1n) is 8.59. The molecule has 0 bridgehead atoms. The van der Waals surface area contributed by atoms with Gasteiger partial charge in [-0.2, -0.15) is 0 Å². The number of pyridine rings is 1. The van der Waals surface area contributed by atoms with E-state index in [0.29, 0.717) is 12.0 Å². The van der Waals surface area contributed by atoms with E-state index >= 15 is 0 Å². The fourth-order valence-corrected chi connectivity index (χ4v) is 3.08. The summed E-state index contributed by atoms with van der Waals surface area (Å²) in [6.07, 6.45) is 1.76. The molecule has 0 saturated heterocycles. The topological polar surface area (TPSA) is 62.4 Å². The Bertz CT molecular complexity index is 1010. The van der Waals surface area contributed by atoms with Gasteiger partial charge < -0.3 is 14.6 Å². The Hall–Kier alpha value is -3.08. The summed E-state index contributed by atoms with van der Waals surface area (Å²) in [7, 11) is 1.80. The molecule has 0 saturated carbocycles. The van der Waals surface area contributed by atoms with Crippen molar-refractivity contribution in [1.29, 1.82) is 0 Å². The zero-order valence-corrected chi connectivity index (χ0v) is 15.2. The van der Waals surface area contributed by atoms with Crippen LogP contribution in [0.2, 0.25) is 0 Å². The molecular weight excluding hydrogens is 328 g/mol. The minimum Gasteiger partial charge on any atom is -0.465 e. The van der Waals surface area contributed by atoms with Gasteiger partial charge in [0.1, 0.15) is 6.54 Å². The molecule has 26 heavy (non-hydrogen) atoms. The molecule has 1 aromatic heterocycles. The molecule has 5 nitrogen and oxygen atoms in total. The Labute approximate surface area is 152 Å². The number of aromatic nitrogens is 1. The summed E-state index contributed by atoms with van der Waals surface area (Å²) in [5.74, 6) is -0.294. The standard InChI is InChI=1S/C21H22N2O3/c1-4-26-20(24)13-23(3)15-9-10-17-18(11-15)21(25)22-12-19(17)16-8-6-5-7-14(16)2/h5-12H,4,13H2,1-3H3,(H,22,25). The lowest BCUT2D eigenvalue weighted by molar-refractivity contribution is -0.141. The van der Waals surface area contributed by atoms with Crippen LogP contribution in [0.15, 0.2) is 53.5 Å². The molecule has 1 N–H and O–H groups in total. The Morgan fingerprint density at radius 3 is 2.62 bits per heavy atom. The molecule has 3 aromatic rings. The fourth-order valence-electron chi connectivity index (χ4n) is 3.08. The monoisotopic (exact) mass is 350 g/mol. The largest absolute Gasteiger partial charge is 0.465 e. The van der Waals surface area contributed by atoms with Gasteiger partial charge in [-0.1, -0.05) is 30.3 Å². The van der Waals surface area contributed by atoms with Crippen molar-refractivity contribution in [2.24, 2.45) is 0 Å². The van der Waals surface area contributed by atoms with E-state index in [9.17, 15) is 9.59 Å². The van der Waals surface area contributed by atoms with Crippen molar-refractivity contribution in [3.05, 3.63) is 64.6 Å².